The third-order valence-corrected chi connectivity index (χ3v) is 3.82. The highest BCUT2D eigenvalue weighted by molar-refractivity contribution is 5.94. The summed E-state index contributed by atoms with van der Waals surface area (Å²) in [5, 5.41) is 5.76. The van der Waals surface area contributed by atoms with Crippen LogP contribution in [0.15, 0.2) is 47.5 Å². The second kappa shape index (κ2) is 11.5. The van der Waals surface area contributed by atoms with Crippen LogP contribution < -0.4 is 25.8 Å². The maximum absolute atomic E-state index is 12.9. The van der Waals surface area contributed by atoms with Gasteiger partial charge in [0.25, 0.3) is 0 Å². The van der Waals surface area contributed by atoms with Crippen LogP contribution in [0, 0.1) is 5.82 Å². The lowest BCUT2D eigenvalue weighted by atomic mass is 10.1. The summed E-state index contributed by atoms with van der Waals surface area (Å²) in [6, 6.07) is 11.3. The molecule has 0 spiro atoms. The molecule has 156 valence electrons. The number of carbonyl (C=O) groups excluding carboxylic acids is 1. The molecule has 0 atom stereocenters. The zero-order valence-electron chi connectivity index (χ0n) is 16.7. The molecule has 0 saturated heterocycles. The third-order valence-electron chi connectivity index (χ3n) is 3.82. The standard InChI is InChI=1S/C21H27FN4O3/c1-3-28-17-9-10-19(29-4-2)18(14-17)26-21(23)25-12-11-24-20(27)13-15-5-7-16(22)8-6-15/h5-10,14H,3-4,11-13H2,1-2H3,(H,24,27)(H3,23,25,26). The van der Waals surface area contributed by atoms with Gasteiger partial charge in [-0.3, -0.25) is 9.79 Å². The maximum Gasteiger partial charge on any atom is 0.224 e. The fourth-order valence-corrected chi connectivity index (χ4v) is 2.54. The molecule has 1 amide bonds. The van der Waals surface area contributed by atoms with Gasteiger partial charge in [-0.25, -0.2) is 4.39 Å². The van der Waals surface area contributed by atoms with E-state index in [4.69, 9.17) is 15.2 Å². The summed E-state index contributed by atoms with van der Waals surface area (Å²) < 4.78 is 24.0. The van der Waals surface area contributed by atoms with Crippen molar-refractivity contribution in [3.63, 3.8) is 0 Å². The highest BCUT2D eigenvalue weighted by atomic mass is 19.1. The van der Waals surface area contributed by atoms with Crippen molar-refractivity contribution in [2.45, 2.75) is 20.3 Å². The molecule has 8 heteroatoms. The molecule has 4 N–H and O–H groups in total. The first kappa shape index (κ1) is 22.0. The fraction of sp³-hybridized carbons (Fsp3) is 0.333. The second-order valence-corrected chi connectivity index (χ2v) is 6.07. The van der Waals surface area contributed by atoms with Crippen LogP contribution in [0.25, 0.3) is 0 Å². The Bertz CT molecular complexity index is 825. The Morgan fingerprint density at radius 2 is 1.83 bits per heavy atom. The number of ether oxygens (including phenoxy) is 2. The van der Waals surface area contributed by atoms with Gasteiger partial charge in [0.1, 0.15) is 17.3 Å². The van der Waals surface area contributed by atoms with Gasteiger partial charge in [0, 0.05) is 12.6 Å². The normalized spacial score (nSPS) is 11.1. The molecular weight excluding hydrogens is 375 g/mol. The van der Waals surface area contributed by atoms with Crippen LogP contribution in [0.5, 0.6) is 11.5 Å². The van der Waals surface area contributed by atoms with Gasteiger partial charge in [-0.05, 0) is 43.7 Å². The molecule has 0 unspecified atom stereocenters. The SMILES string of the molecule is CCOc1ccc(OCC)c(NC(N)=NCCNC(=O)Cc2ccc(F)cc2)c1. The first-order chi connectivity index (χ1) is 14.0. The summed E-state index contributed by atoms with van der Waals surface area (Å²) >= 11 is 0. The van der Waals surface area contributed by atoms with Crippen molar-refractivity contribution in [1.29, 1.82) is 0 Å². The summed E-state index contributed by atoms with van der Waals surface area (Å²) in [5.41, 5.74) is 7.34. The van der Waals surface area contributed by atoms with Crippen molar-refractivity contribution in [3.05, 3.63) is 53.8 Å². The van der Waals surface area contributed by atoms with Gasteiger partial charge in [0.05, 0.1) is 31.9 Å². The molecule has 0 saturated carbocycles. The molecule has 0 fully saturated rings. The van der Waals surface area contributed by atoms with Gasteiger partial charge in [-0.15, -0.1) is 0 Å². The molecule has 2 aromatic rings. The fourth-order valence-electron chi connectivity index (χ4n) is 2.54. The number of anilines is 1. The average Bonchev–Trinajstić information content (AvgIpc) is 2.69. The Kier molecular flexibility index (Phi) is 8.75. The number of hydrogen-bond donors (Lipinski definition) is 3. The van der Waals surface area contributed by atoms with Crippen molar-refractivity contribution in [2.75, 3.05) is 31.6 Å². The van der Waals surface area contributed by atoms with Crippen LogP contribution >= 0.6 is 0 Å². The van der Waals surface area contributed by atoms with Crippen molar-refractivity contribution >= 4 is 17.6 Å². The lowest BCUT2D eigenvalue weighted by Crippen LogP contribution is -2.29. The zero-order chi connectivity index (χ0) is 21.1. The number of amides is 1. The van der Waals surface area contributed by atoms with Gasteiger partial charge < -0.3 is 25.8 Å². The minimum absolute atomic E-state index is 0.165. The second-order valence-electron chi connectivity index (χ2n) is 6.07. The van der Waals surface area contributed by atoms with Crippen molar-refractivity contribution in [3.8, 4) is 11.5 Å². The third kappa shape index (κ3) is 7.69. The van der Waals surface area contributed by atoms with E-state index < -0.39 is 0 Å². The van der Waals surface area contributed by atoms with Crippen LogP contribution in [0.2, 0.25) is 0 Å². The molecular formula is C21H27FN4O3. The van der Waals surface area contributed by atoms with E-state index in [0.29, 0.717) is 43.5 Å². The molecule has 0 aliphatic rings. The molecule has 0 aliphatic heterocycles. The van der Waals surface area contributed by atoms with Crippen molar-refractivity contribution < 1.29 is 18.7 Å². The molecule has 2 aromatic carbocycles. The minimum Gasteiger partial charge on any atom is -0.494 e. The summed E-state index contributed by atoms with van der Waals surface area (Å²) in [6.45, 7) is 5.51. The lowest BCUT2D eigenvalue weighted by molar-refractivity contribution is -0.120. The van der Waals surface area contributed by atoms with E-state index in [2.05, 4.69) is 15.6 Å². The number of nitrogens with zero attached hydrogens (tertiary/aromatic N) is 1. The van der Waals surface area contributed by atoms with Gasteiger partial charge in [-0.2, -0.15) is 0 Å². The molecule has 0 aromatic heterocycles. The monoisotopic (exact) mass is 402 g/mol. The predicted molar refractivity (Wildman–Crippen MR) is 112 cm³/mol. The molecule has 29 heavy (non-hydrogen) atoms. The summed E-state index contributed by atoms with van der Waals surface area (Å²) in [4.78, 5) is 16.1. The van der Waals surface area contributed by atoms with Crippen LogP contribution in [-0.4, -0.2) is 38.2 Å². The van der Waals surface area contributed by atoms with Crippen LogP contribution in [0.3, 0.4) is 0 Å². The highest BCUT2D eigenvalue weighted by Crippen LogP contribution is 2.29. The van der Waals surface area contributed by atoms with Crippen LogP contribution in [-0.2, 0) is 11.2 Å². The number of aliphatic imine (C=N–C) groups is 1. The molecule has 2 rings (SSSR count). The first-order valence-electron chi connectivity index (χ1n) is 9.49. The quantitative estimate of drug-likeness (QED) is 0.322. The lowest BCUT2D eigenvalue weighted by Gasteiger charge is -2.14. The Hall–Kier alpha value is -3.29. The molecule has 0 bridgehead atoms. The number of benzene rings is 2. The average molecular weight is 402 g/mol. The van der Waals surface area contributed by atoms with Gasteiger partial charge in [0.2, 0.25) is 5.91 Å². The van der Waals surface area contributed by atoms with E-state index in [9.17, 15) is 9.18 Å². The first-order valence-corrected chi connectivity index (χ1v) is 9.49. The summed E-state index contributed by atoms with van der Waals surface area (Å²) in [7, 11) is 0. The molecule has 7 nitrogen and oxygen atoms in total. The predicted octanol–water partition coefficient (Wildman–Crippen LogP) is 2.71. The minimum atomic E-state index is -0.328. The molecule has 0 heterocycles. The van der Waals surface area contributed by atoms with Crippen molar-refractivity contribution in [2.24, 2.45) is 10.7 Å². The Balaban J connectivity index is 1.84. The largest absolute Gasteiger partial charge is 0.494 e. The maximum atomic E-state index is 12.9. The topological polar surface area (TPSA) is 98.0 Å². The number of guanidine groups is 1. The summed E-state index contributed by atoms with van der Waals surface area (Å²) in [6.07, 6.45) is 0.180. The van der Waals surface area contributed by atoms with Crippen molar-refractivity contribution in [1.82, 2.24) is 5.32 Å². The smallest absolute Gasteiger partial charge is 0.224 e. The number of nitrogens with one attached hydrogen (secondary N) is 2. The Labute approximate surface area is 170 Å². The van der Waals surface area contributed by atoms with E-state index in [1.54, 1.807) is 24.3 Å². The van der Waals surface area contributed by atoms with Gasteiger partial charge in [0.15, 0.2) is 5.96 Å². The van der Waals surface area contributed by atoms with Crippen LogP contribution in [0.1, 0.15) is 19.4 Å². The van der Waals surface area contributed by atoms with E-state index >= 15 is 0 Å². The van der Waals surface area contributed by atoms with E-state index in [-0.39, 0.29) is 24.1 Å². The van der Waals surface area contributed by atoms with E-state index in [1.807, 2.05) is 19.9 Å². The van der Waals surface area contributed by atoms with Gasteiger partial charge in [-0.1, -0.05) is 12.1 Å². The zero-order valence-corrected chi connectivity index (χ0v) is 16.7. The van der Waals surface area contributed by atoms with E-state index in [1.165, 1.54) is 12.1 Å². The summed E-state index contributed by atoms with van der Waals surface area (Å²) in [5.74, 6) is 1.04. The molecule has 0 radical (unpaired) electrons. The van der Waals surface area contributed by atoms with E-state index in [0.717, 1.165) is 5.56 Å². The number of rotatable bonds is 10. The highest BCUT2D eigenvalue weighted by Gasteiger charge is 2.07. The Morgan fingerprint density at radius 1 is 1.10 bits per heavy atom. The Morgan fingerprint density at radius 3 is 2.52 bits per heavy atom. The number of nitrogens with two attached hydrogens (primary N) is 1. The van der Waals surface area contributed by atoms with Crippen LogP contribution in [0.4, 0.5) is 10.1 Å². The number of hydrogen-bond acceptors (Lipinski definition) is 4. The van der Waals surface area contributed by atoms with Gasteiger partial charge >= 0.3 is 0 Å². The number of halogens is 1. The number of carbonyl (C=O) groups is 1. The molecule has 0 aliphatic carbocycles.